The number of nitrogens with one attached hydrogen (secondary N) is 3. The lowest BCUT2D eigenvalue weighted by molar-refractivity contribution is -0.143. The second-order valence-corrected chi connectivity index (χ2v) is 7.62. The normalized spacial score (nSPS) is 18.2. The van der Waals surface area contributed by atoms with Crippen LogP contribution < -0.4 is 16.0 Å². The molecule has 4 N–H and O–H groups in total. The van der Waals surface area contributed by atoms with Crippen molar-refractivity contribution in [3.8, 4) is 23.0 Å². The highest BCUT2D eigenvalue weighted by Gasteiger charge is 2.40. The van der Waals surface area contributed by atoms with E-state index in [1.165, 1.54) is 0 Å². The van der Waals surface area contributed by atoms with Gasteiger partial charge in [0.05, 0.1) is 6.54 Å². The van der Waals surface area contributed by atoms with Crippen molar-refractivity contribution in [3.63, 3.8) is 0 Å². The highest BCUT2D eigenvalue weighted by molar-refractivity contribution is 5.99. The summed E-state index contributed by atoms with van der Waals surface area (Å²) in [6.45, 7) is -0.0552. The van der Waals surface area contributed by atoms with Gasteiger partial charge in [-0.05, 0) is 28.2 Å². The summed E-state index contributed by atoms with van der Waals surface area (Å²) in [5, 5.41) is 16.2. The number of alkyl carbamates (subject to hydrolysis) is 1. The number of benzene rings is 2. The van der Waals surface area contributed by atoms with Crippen LogP contribution in [0.3, 0.4) is 0 Å². The van der Waals surface area contributed by atoms with E-state index < -0.39 is 35.8 Å². The van der Waals surface area contributed by atoms with E-state index in [9.17, 15) is 19.2 Å². The number of carboxylic acids is 1. The first-order valence-corrected chi connectivity index (χ1v) is 10.3. The lowest BCUT2D eigenvalue weighted by Gasteiger charge is -2.14. The molecule has 1 fully saturated rings. The van der Waals surface area contributed by atoms with Gasteiger partial charge >= 0.3 is 12.1 Å². The van der Waals surface area contributed by atoms with Crippen LogP contribution >= 0.6 is 0 Å². The van der Waals surface area contributed by atoms with Gasteiger partial charge in [-0.2, -0.15) is 0 Å². The summed E-state index contributed by atoms with van der Waals surface area (Å²) < 4.78 is 5.37. The lowest BCUT2D eigenvalue weighted by Crippen LogP contribution is -2.45. The Morgan fingerprint density at radius 1 is 1.06 bits per heavy atom. The highest BCUT2D eigenvalue weighted by Crippen LogP contribution is 2.44. The molecular weight excluding hydrogens is 426 g/mol. The zero-order valence-electron chi connectivity index (χ0n) is 17.5. The van der Waals surface area contributed by atoms with Crippen LogP contribution in [0.4, 0.5) is 4.79 Å². The number of carbonyl (C=O) groups is 4. The maximum Gasteiger partial charge on any atom is 0.407 e. The molecule has 1 aliphatic carbocycles. The molecule has 2 atom stereocenters. The fourth-order valence-corrected chi connectivity index (χ4v) is 4.08. The highest BCUT2D eigenvalue weighted by atomic mass is 16.5. The van der Waals surface area contributed by atoms with Crippen LogP contribution in [0.2, 0.25) is 0 Å². The summed E-state index contributed by atoms with van der Waals surface area (Å²) in [6.07, 6.45) is -0.673. The first kappa shape index (κ1) is 21.9. The predicted octanol–water partition coefficient (Wildman–Crippen LogP) is 0.844. The summed E-state index contributed by atoms with van der Waals surface area (Å²) in [6, 6.07) is 14.8. The molecule has 1 heterocycles. The van der Waals surface area contributed by atoms with Crippen molar-refractivity contribution in [2.24, 2.45) is 5.92 Å². The predicted molar refractivity (Wildman–Crippen MR) is 117 cm³/mol. The van der Waals surface area contributed by atoms with Crippen LogP contribution in [-0.4, -0.2) is 54.7 Å². The third kappa shape index (κ3) is 4.65. The SMILES string of the molecule is O=C(C#CCNC(=O)OCC1c2ccccc2-c2ccccc21)NC1C(=O)NCC1C(=O)O. The van der Waals surface area contributed by atoms with Crippen LogP contribution in [-0.2, 0) is 19.1 Å². The Morgan fingerprint density at radius 3 is 2.33 bits per heavy atom. The zero-order chi connectivity index (χ0) is 23.4. The fourth-order valence-electron chi connectivity index (χ4n) is 4.08. The van der Waals surface area contributed by atoms with Gasteiger partial charge in [0.2, 0.25) is 5.91 Å². The average molecular weight is 447 g/mol. The molecule has 0 radical (unpaired) electrons. The summed E-state index contributed by atoms with van der Waals surface area (Å²) in [5.41, 5.74) is 4.44. The molecule has 2 aromatic rings. The largest absolute Gasteiger partial charge is 0.481 e. The van der Waals surface area contributed by atoms with E-state index in [4.69, 9.17) is 9.84 Å². The molecule has 0 aromatic heterocycles. The molecule has 4 rings (SSSR count). The van der Waals surface area contributed by atoms with Gasteiger partial charge in [0, 0.05) is 12.5 Å². The van der Waals surface area contributed by atoms with Crippen molar-refractivity contribution in [3.05, 3.63) is 59.7 Å². The standard InChI is InChI=1S/C24H21N3O6/c28-20(27-21-18(23(30)31)12-26-22(21)29)10-5-11-25-24(32)33-13-19-16-8-3-1-6-14(16)15-7-2-4-9-17(15)19/h1-4,6-9,18-19,21H,11-13H2,(H,25,32)(H,26,29)(H,27,28)(H,30,31). The number of aliphatic carboxylic acids is 1. The van der Waals surface area contributed by atoms with E-state index >= 15 is 0 Å². The Kier molecular flexibility index (Phi) is 6.26. The van der Waals surface area contributed by atoms with E-state index in [1.54, 1.807) is 0 Å². The Bertz CT molecular complexity index is 1140. The molecule has 2 aromatic carbocycles. The Morgan fingerprint density at radius 2 is 1.70 bits per heavy atom. The number of carboxylic acid groups (broad SMARTS) is 1. The smallest absolute Gasteiger partial charge is 0.407 e. The minimum Gasteiger partial charge on any atom is -0.481 e. The molecule has 9 nitrogen and oxygen atoms in total. The van der Waals surface area contributed by atoms with Gasteiger partial charge in [0.1, 0.15) is 18.6 Å². The molecule has 3 amide bonds. The molecule has 1 aliphatic heterocycles. The molecule has 2 unspecified atom stereocenters. The monoisotopic (exact) mass is 447 g/mol. The Hall–Kier alpha value is -4.32. The van der Waals surface area contributed by atoms with Crippen LogP contribution in [0.1, 0.15) is 17.0 Å². The Labute approximate surface area is 189 Å². The van der Waals surface area contributed by atoms with Gasteiger partial charge < -0.3 is 25.8 Å². The number of amides is 3. The first-order valence-electron chi connectivity index (χ1n) is 10.3. The van der Waals surface area contributed by atoms with Crippen molar-refractivity contribution in [2.75, 3.05) is 19.7 Å². The quantitative estimate of drug-likeness (QED) is 0.502. The molecular formula is C24H21N3O6. The van der Waals surface area contributed by atoms with Gasteiger partial charge in [-0.25, -0.2) is 4.79 Å². The summed E-state index contributed by atoms with van der Waals surface area (Å²) in [5.74, 6) is 0.983. The molecule has 1 saturated heterocycles. The lowest BCUT2D eigenvalue weighted by atomic mass is 9.98. The topological polar surface area (TPSA) is 134 Å². The van der Waals surface area contributed by atoms with E-state index in [1.807, 2.05) is 48.5 Å². The van der Waals surface area contributed by atoms with Crippen LogP contribution in [0.25, 0.3) is 11.1 Å². The van der Waals surface area contributed by atoms with Crippen molar-refractivity contribution in [1.29, 1.82) is 0 Å². The van der Waals surface area contributed by atoms with Gasteiger partial charge in [-0.1, -0.05) is 54.5 Å². The van der Waals surface area contributed by atoms with Crippen molar-refractivity contribution >= 4 is 23.9 Å². The summed E-state index contributed by atoms with van der Waals surface area (Å²) >= 11 is 0. The third-order valence-corrected chi connectivity index (χ3v) is 5.65. The minimum absolute atomic E-state index is 0.0596. The molecule has 168 valence electrons. The van der Waals surface area contributed by atoms with Crippen LogP contribution in [0.15, 0.2) is 48.5 Å². The van der Waals surface area contributed by atoms with Crippen molar-refractivity contribution in [2.45, 2.75) is 12.0 Å². The number of hydrogen-bond acceptors (Lipinski definition) is 5. The maximum absolute atomic E-state index is 12.1. The number of rotatable bonds is 5. The second kappa shape index (κ2) is 9.44. The van der Waals surface area contributed by atoms with Crippen molar-refractivity contribution < 1.29 is 29.0 Å². The van der Waals surface area contributed by atoms with Gasteiger partial charge in [0.25, 0.3) is 5.91 Å². The van der Waals surface area contributed by atoms with Gasteiger partial charge in [0.15, 0.2) is 0 Å². The van der Waals surface area contributed by atoms with Crippen LogP contribution in [0, 0.1) is 17.8 Å². The van der Waals surface area contributed by atoms with Crippen LogP contribution in [0.5, 0.6) is 0 Å². The molecule has 0 bridgehead atoms. The summed E-state index contributed by atoms with van der Waals surface area (Å²) in [4.78, 5) is 46.8. The van der Waals surface area contributed by atoms with E-state index in [2.05, 4.69) is 27.8 Å². The number of ether oxygens (including phenoxy) is 1. The van der Waals surface area contributed by atoms with Crippen molar-refractivity contribution in [1.82, 2.24) is 16.0 Å². The molecule has 9 heteroatoms. The number of fused-ring (bicyclic) bond motifs is 3. The van der Waals surface area contributed by atoms with Gasteiger partial charge in [-0.3, -0.25) is 14.4 Å². The summed E-state index contributed by atoms with van der Waals surface area (Å²) in [7, 11) is 0. The zero-order valence-corrected chi connectivity index (χ0v) is 17.5. The first-order chi connectivity index (χ1) is 16.0. The molecule has 2 aliphatic rings. The maximum atomic E-state index is 12.1. The average Bonchev–Trinajstić information content (AvgIpc) is 3.33. The fraction of sp³-hybridized carbons (Fsp3) is 0.250. The van der Waals surface area contributed by atoms with E-state index in [-0.39, 0.29) is 25.6 Å². The van der Waals surface area contributed by atoms with E-state index in [0.29, 0.717) is 0 Å². The minimum atomic E-state index is -1.19. The van der Waals surface area contributed by atoms with E-state index in [0.717, 1.165) is 22.3 Å². The number of carbonyl (C=O) groups excluding carboxylic acids is 3. The molecule has 0 spiro atoms. The third-order valence-electron chi connectivity index (χ3n) is 5.65. The molecule has 0 saturated carbocycles. The second-order valence-electron chi connectivity index (χ2n) is 7.62. The van der Waals surface area contributed by atoms with Gasteiger partial charge in [-0.15, -0.1) is 0 Å². The number of hydrogen-bond donors (Lipinski definition) is 4. The molecule has 33 heavy (non-hydrogen) atoms. The Balaban J connectivity index is 1.27.